The summed E-state index contributed by atoms with van der Waals surface area (Å²) in [5, 5.41) is 20.7. The number of nitrogen functional groups attached to an aromatic ring is 1. The van der Waals surface area contributed by atoms with Crippen LogP contribution in [0.25, 0.3) is 11.2 Å². The van der Waals surface area contributed by atoms with Gasteiger partial charge in [0.2, 0.25) is 0 Å². The van der Waals surface area contributed by atoms with Crippen molar-refractivity contribution in [3.05, 3.63) is 25.3 Å². The van der Waals surface area contributed by atoms with Crippen molar-refractivity contribution < 1.29 is 14.9 Å². The first-order valence-corrected chi connectivity index (χ1v) is 8.34. The Bertz CT molecular complexity index is 736. The van der Waals surface area contributed by atoms with Crippen molar-refractivity contribution in [3.8, 4) is 0 Å². The fourth-order valence-corrected chi connectivity index (χ4v) is 3.15. The monoisotopic (exact) mass is 348 g/mol. The third kappa shape index (κ3) is 3.49. The number of rotatable bonds is 7. The number of aromatic nitrogens is 4. The highest BCUT2D eigenvalue weighted by molar-refractivity contribution is 5.81. The third-order valence-corrected chi connectivity index (χ3v) is 4.52. The molecule has 25 heavy (non-hydrogen) atoms. The molecule has 2 aromatic rings. The van der Waals surface area contributed by atoms with Crippen molar-refractivity contribution in [3.63, 3.8) is 0 Å². The van der Waals surface area contributed by atoms with Crippen molar-refractivity contribution >= 4 is 17.0 Å². The summed E-state index contributed by atoms with van der Waals surface area (Å²) in [6.45, 7) is 3.69. The molecule has 0 aromatic carbocycles. The van der Waals surface area contributed by atoms with E-state index < -0.39 is 24.5 Å². The second-order valence-electron chi connectivity index (χ2n) is 6.34. The van der Waals surface area contributed by atoms with E-state index in [0.29, 0.717) is 17.6 Å². The zero-order valence-corrected chi connectivity index (χ0v) is 13.9. The van der Waals surface area contributed by atoms with Crippen LogP contribution in [0.5, 0.6) is 0 Å². The average Bonchev–Trinajstić information content (AvgIpc) is 3.13. The van der Waals surface area contributed by atoms with Crippen LogP contribution in [-0.2, 0) is 4.74 Å². The molecule has 0 spiro atoms. The summed E-state index contributed by atoms with van der Waals surface area (Å²) in [5.41, 5.74) is 12.8. The van der Waals surface area contributed by atoms with E-state index in [-0.39, 0.29) is 11.9 Å². The van der Waals surface area contributed by atoms with Crippen molar-refractivity contribution in [2.45, 2.75) is 56.3 Å². The zero-order valence-electron chi connectivity index (χ0n) is 13.9. The standard InChI is InChI=1S/C16H24N6O3/c1-2-3-4-5-9(17)6-10-12(23)13(24)16(25-10)22-8-21-11-14(18)19-7-20-15(11)22/h2,7-10,12-13,16,23-24H,1,3-6,17H2,(H2,18,19,20)/t9-,10-,12-,13-,16-/m1/s1. The molecule has 0 bridgehead atoms. The van der Waals surface area contributed by atoms with E-state index in [0.717, 1.165) is 19.3 Å². The fraction of sp³-hybridized carbons (Fsp3) is 0.562. The van der Waals surface area contributed by atoms with Gasteiger partial charge in [0.1, 0.15) is 24.1 Å². The topological polar surface area (TPSA) is 145 Å². The van der Waals surface area contributed by atoms with E-state index >= 15 is 0 Å². The van der Waals surface area contributed by atoms with Gasteiger partial charge in [-0.2, -0.15) is 0 Å². The first kappa shape index (κ1) is 17.7. The Labute approximate surface area is 145 Å². The van der Waals surface area contributed by atoms with Crippen LogP contribution in [0.2, 0.25) is 0 Å². The lowest BCUT2D eigenvalue weighted by Crippen LogP contribution is -2.35. The normalized spacial score (nSPS) is 27.6. The number of aliphatic hydroxyl groups is 2. The van der Waals surface area contributed by atoms with Crippen molar-refractivity contribution in [2.24, 2.45) is 5.73 Å². The predicted octanol–water partition coefficient (Wildman–Crippen LogP) is 0.101. The van der Waals surface area contributed by atoms with Gasteiger partial charge in [-0.25, -0.2) is 15.0 Å². The smallest absolute Gasteiger partial charge is 0.167 e. The second-order valence-corrected chi connectivity index (χ2v) is 6.34. The van der Waals surface area contributed by atoms with Crippen LogP contribution >= 0.6 is 0 Å². The highest BCUT2D eigenvalue weighted by atomic mass is 16.6. The highest BCUT2D eigenvalue weighted by Gasteiger charge is 2.44. The average molecular weight is 348 g/mol. The van der Waals surface area contributed by atoms with Crippen LogP contribution in [0.15, 0.2) is 25.3 Å². The molecule has 0 saturated carbocycles. The highest BCUT2D eigenvalue weighted by Crippen LogP contribution is 2.33. The SMILES string of the molecule is C=CCCC[C@@H](N)C[C@H]1O[C@@H](n2cnc3c(N)ncnc32)[C@H](O)[C@@H]1O. The Balaban J connectivity index is 1.73. The number of allylic oxidation sites excluding steroid dienone is 1. The van der Waals surface area contributed by atoms with E-state index in [1.807, 2.05) is 6.08 Å². The van der Waals surface area contributed by atoms with Crippen molar-refractivity contribution in [1.82, 2.24) is 19.5 Å². The van der Waals surface area contributed by atoms with E-state index in [1.165, 1.54) is 12.7 Å². The molecule has 3 heterocycles. The van der Waals surface area contributed by atoms with Gasteiger partial charge in [-0.3, -0.25) is 4.57 Å². The van der Waals surface area contributed by atoms with Gasteiger partial charge >= 0.3 is 0 Å². The van der Waals surface area contributed by atoms with Gasteiger partial charge in [0.05, 0.1) is 12.4 Å². The maximum absolute atomic E-state index is 10.4. The first-order chi connectivity index (χ1) is 12.0. The number of hydrogen-bond acceptors (Lipinski definition) is 8. The minimum atomic E-state index is -1.11. The molecule has 3 rings (SSSR count). The Kier molecular flexibility index (Phi) is 5.28. The molecule has 1 fully saturated rings. The minimum absolute atomic E-state index is 0.122. The number of imidazole rings is 1. The lowest BCUT2D eigenvalue weighted by atomic mass is 10.00. The van der Waals surface area contributed by atoms with Crippen LogP contribution in [0.3, 0.4) is 0 Å². The first-order valence-electron chi connectivity index (χ1n) is 8.34. The van der Waals surface area contributed by atoms with E-state index in [4.69, 9.17) is 16.2 Å². The molecular formula is C16H24N6O3. The van der Waals surface area contributed by atoms with Gasteiger partial charge in [0, 0.05) is 6.04 Å². The Morgan fingerprint density at radius 1 is 1.32 bits per heavy atom. The van der Waals surface area contributed by atoms with Crippen molar-refractivity contribution in [1.29, 1.82) is 0 Å². The Morgan fingerprint density at radius 3 is 2.88 bits per heavy atom. The van der Waals surface area contributed by atoms with E-state index in [1.54, 1.807) is 4.57 Å². The molecule has 0 radical (unpaired) electrons. The van der Waals surface area contributed by atoms with Gasteiger partial charge in [-0.15, -0.1) is 6.58 Å². The molecule has 0 unspecified atom stereocenters. The maximum atomic E-state index is 10.4. The summed E-state index contributed by atoms with van der Waals surface area (Å²) in [5.74, 6) is 0.248. The largest absolute Gasteiger partial charge is 0.388 e. The lowest BCUT2D eigenvalue weighted by molar-refractivity contribution is -0.0387. The third-order valence-electron chi connectivity index (χ3n) is 4.52. The van der Waals surface area contributed by atoms with Gasteiger partial charge < -0.3 is 26.4 Å². The van der Waals surface area contributed by atoms with Crippen LogP contribution < -0.4 is 11.5 Å². The second kappa shape index (κ2) is 7.44. The summed E-state index contributed by atoms with van der Waals surface area (Å²) in [6, 6.07) is -0.122. The molecule has 6 N–H and O–H groups in total. The summed E-state index contributed by atoms with van der Waals surface area (Å²) >= 11 is 0. The number of aliphatic hydroxyl groups excluding tert-OH is 2. The molecule has 1 saturated heterocycles. The van der Waals surface area contributed by atoms with Crippen LogP contribution in [-0.4, -0.2) is 54.1 Å². The summed E-state index contributed by atoms with van der Waals surface area (Å²) in [7, 11) is 0. The molecule has 2 aromatic heterocycles. The predicted molar refractivity (Wildman–Crippen MR) is 92.3 cm³/mol. The maximum Gasteiger partial charge on any atom is 0.167 e. The van der Waals surface area contributed by atoms with Gasteiger partial charge in [0.15, 0.2) is 17.7 Å². The number of ether oxygens (including phenoxy) is 1. The van der Waals surface area contributed by atoms with Crippen LogP contribution in [0, 0.1) is 0 Å². The molecule has 1 aliphatic rings. The minimum Gasteiger partial charge on any atom is -0.388 e. The number of nitrogens with two attached hydrogens (primary N) is 2. The Hall–Kier alpha value is -2.07. The molecule has 0 aliphatic carbocycles. The van der Waals surface area contributed by atoms with Crippen LogP contribution in [0.4, 0.5) is 5.82 Å². The molecule has 5 atom stereocenters. The van der Waals surface area contributed by atoms with Gasteiger partial charge in [-0.05, 0) is 25.7 Å². The molecule has 1 aliphatic heterocycles. The quantitative estimate of drug-likeness (QED) is 0.407. The molecular weight excluding hydrogens is 324 g/mol. The van der Waals surface area contributed by atoms with E-state index in [9.17, 15) is 10.2 Å². The lowest BCUT2D eigenvalue weighted by Gasteiger charge is -2.19. The number of unbranched alkanes of at least 4 members (excludes halogenated alkanes) is 1. The number of nitrogens with zero attached hydrogens (tertiary/aromatic N) is 4. The number of fused-ring (bicyclic) bond motifs is 1. The molecule has 9 nitrogen and oxygen atoms in total. The molecule has 9 heteroatoms. The fourth-order valence-electron chi connectivity index (χ4n) is 3.15. The van der Waals surface area contributed by atoms with Gasteiger partial charge in [0.25, 0.3) is 0 Å². The Morgan fingerprint density at radius 2 is 2.12 bits per heavy atom. The summed E-state index contributed by atoms with van der Waals surface area (Å²) in [6.07, 6.45) is 4.22. The number of anilines is 1. The summed E-state index contributed by atoms with van der Waals surface area (Å²) < 4.78 is 7.44. The zero-order chi connectivity index (χ0) is 18.0. The number of hydrogen-bond donors (Lipinski definition) is 4. The van der Waals surface area contributed by atoms with Crippen LogP contribution in [0.1, 0.15) is 31.9 Å². The van der Waals surface area contributed by atoms with E-state index in [2.05, 4.69) is 21.5 Å². The van der Waals surface area contributed by atoms with Crippen molar-refractivity contribution in [2.75, 3.05) is 5.73 Å². The summed E-state index contributed by atoms with van der Waals surface area (Å²) in [4.78, 5) is 12.2. The molecule has 0 amide bonds. The molecule has 136 valence electrons. The van der Waals surface area contributed by atoms with Gasteiger partial charge in [-0.1, -0.05) is 6.08 Å².